The molecule has 3 N–H and O–H groups in total. The van der Waals surface area contributed by atoms with E-state index in [2.05, 4.69) is 41.3 Å². The first kappa shape index (κ1) is 29.5. The standard InChI is InChI=1S/C24H31NO4.C4H4O4/c1-28-22-11-5-9-20(17-22)23(19-7-3-2-4-8-19)12-15-29-16-14-25-13-6-10-21(18-25)24(26)27;5-3(6)1-2-4(7)8/h2-5,7-9,11,17,21,23H,6,10,12-16,18H2,1H3,(H,26,27);1-2H,(H,5,6)(H,7,8)/t21-,23?;/m1./s1. The zero-order valence-corrected chi connectivity index (χ0v) is 21.0. The second-order valence-corrected chi connectivity index (χ2v) is 8.63. The molecule has 2 aromatic rings. The van der Waals surface area contributed by atoms with E-state index in [-0.39, 0.29) is 11.8 Å². The van der Waals surface area contributed by atoms with Gasteiger partial charge in [-0.15, -0.1) is 0 Å². The number of carbonyl (C=O) groups is 3. The van der Waals surface area contributed by atoms with Crippen LogP contribution in [-0.4, -0.2) is 78.1 Å². The lowest BCUT2D eigenvalue weighted by Crippen LogP contribution is -2.40. The van der Waals surface area contributed by atoms with Gasteiger partial charge in [-0.2, -0.15) is 0 Å². The third kappa shape index (κ3) is 11.3. The van der Waals surface area contributed by atoms with Gasteiger partial charge < -0.3 is 29.7 Å². The molecule has 0 radical (unpaired) electrons. The van der Waals surface area contributed by atoms with Crippen LogP contribution in [-0.2, 0) is 19.1 Å². The molecule has 0 saturated carbocycles. The van der Waals surface area contributed by atoms with Crippen molar-refractivity contribution in [1.29, 1.82) is 0 Å². The maximum absolute atomic E-state index is 11.2. The fraction of sp³-hybridized carbons (Fsp3) is 0.393. The molecule has 3 rings (SSSR count). The van der Waals surface area contributed by atoms with Crippen LogP contribution in [0.2, 0.25) is 0 Å². The van der Waals surface area contributed by atoms with Crippen molar-refractivity contribution in [2.75, 3.05) is 40.0 Å². The van der Waals surface area contributed by atoms with Gasteiger partial charge in [0.05, 0.1) is 19.6 Å². The Labute approximate surface area is 216 Å². The fourth-order valence-corrected chi connectivity index (χ4v) is 4.17. The largest absolute Gasteiger partial charge is 0.497 e. The highest BCUT2D eigenvalue weighted by molar-refractivity contribution is 5.89. The summed E-state index contributed by atoms with van der Waals surface area (Å²) in [7, 11) is 1.69. The molecule has 0 amide bonds. The summed E-state index contributed by atoms with van der Waals surface area (Å²) in [5.74, 6) is -2.32. The van der Waals surface area contributed by atoms with E-state index in [9.17, 15) is 19.5 Å². The maximum atomic E-state index is 11.2. The second kappa shape index (κ2) is 16.1. The number of methoxy groups -OCH3 is 1. The lowest BCUT2D eigenvalue weighted by molar-refractivity contribution is -0.143. The number of rotatable bonds is 12. The first-order valence-electron chi connectivity index (χ1n) is 12.2. The summed E-state index contributed by atoms with van der Waals surface area (Å²) in [6, 6.07) is 18.7. The van der Waals surface area contributed by atoms with Gasteiger partial charge in [0.25, 0.3) is 0 Å². The van der Waals surface area contributed by atoms with Gasteiger partial charge >= 0.3 is 17.9 Å². The van der Waals surface area contributed by atoms with Crippen LogP contribution in [0.15, 0.2) is 66.7 Å². The second-order valence-electron chi connectivity index (χ2n) is 8.63. The van der Waals surface area contributed by atoms with E-state index in [1.54, 1.807) is 7.11 Å². The number of hydrogen-bond donors (Lipinski definition) is 3. The Kier molecular flexibility index (Phi) is 12.9. The summed E-state index contributed by atoms with van der Waals surface area (Å²) in [5, 5.41) is 24.8. The van der Waals surface area contributed by atoms with E-state index in [4.69, 9.17) is 19.7 Å². The van der Waals surface area contributed by atoms with Crippen LogP contribution in [0, 0.1) is 5.92 Å². The summed E-state index contributed by atoms with van der Waals surface area (Å²) in [6.45, 7) is 3.68. The van der Waals surface area contributed by atoms with Crippen molar-refractivity contribution in [2.45, 2.75) is 25.2 Å². The summed E-state index contributed by atoms with van der Waals surface area (Å²) < 4.78 is 11.3. The quantitative estimate of drug-likeness (QED) is 0.287. The smallest absolute Gasteiger partial charge is 0.328 e. The van der Waals surface area contributed by atoms with Crippen LogP contribution in [0.4, 0.5) is 0 Å². The molecule has 37 heavy (non-hydrogen) atoms. The molecule has 1 aliphatic heterocycles. The average molecular weight is 514 g/mol. The Morgan fingerprint density at radius 1 is 0.973 bits per heavy atom. The van der Waals surface area contributed by atoms with Crippen LogP contribution in [0.5, 0.6) is 5.75 Å². The molecule has 200 valence electrons. The molecule has 1 saturated heterocycles. The summed E-state index contributed by atoms with van der Waals surface area (Å²) in [6.07, 6.45) is 3.73. The van der Waals surface area contributed by atoms with Crippen molar-refractivity contribution in [3.8, 4) is 5.75 Å². The predicted molar refractivity (Wildman–Crippen MR) is 138 cm³/mol. The highest BCUT2D eigenvalue weighted by Gasteiger charge is 2.25. The summed E-state index contributed by atoms with van der Waals surface area (Å²) in [4.78, 5) is 32.5. The average Bonchev–Trinajstić information content (AvgIpc) is 2.90. The van der Waals surface area contributed by atoms with E-state index in [0.717, 1.165) is 38.1 Å². The molecule has 1 heterocycles. The van der Waals surface area contributed by atoms with Crippen LogP contribution >= 0.6 is 0 Å². The number of carboxylic acid groups (broad SMARTS) is 3. The number of carboxylic acids is 3. The Hall–Kier alpha value is -3.69. The van der Waals surface area contributed by atoms with Gasteiger partial charge in [0, 0.05) is 37.8 Å². The fourth-order valence-electron chi connectivity index (χ4n) is 4.17. The molecule has 1 fully saturated rings. The first-order chi connectivity index (χ1) is 17.8. The van der Waals surface area contributed by atoms with Gasteiger partial charge in [0.2, 0.25) is 0 Å². The Bertz CT molecular complexity index is 1010. The zero-order chi connectivity index (χ0) is 27.0. The molecule has 9 nitrogen and oxygen atoms in total. The Morgan fingerprint density at radius 3 is 2.27 bits per heavy atom. The lowest BCUT2D eigenvalue weighted by atomic mass is 9.89. The highest BCUT2D eigenvalue weighted by Crippen LogP contribution is 2.30. The van der Waals surface area contributed by atoms with Crippen molar-refractivity contribution < 1.29 is 39.2 Å². The van der Waals surface area contributed by atoms with Crippen LogP contribution < -0.4 is 4.74 Å². The third-order valence-corrected chi connectivity index (χ3v) is 6.02. The summed E-state index contributed by atoms with van der Waals surface area (Å²) in [5.41, 5.74) is 2.49. The van der Waals surface area contributed by atoms with Gasteiger partial charge in [-0.25, -0.2) is 9.59 Å². The SMILES string of the molecule is COc1cccc(C(CCOCCN2CCC[C@@H](C(=O)O)C2)c2ccccc2)c1.O=C(O)C=CC(=O)O. The molecule has 1 aliphatic rings. The van der Waals surface area contributed by atoms with Crippen molar-refractivity contribution >= 4 is 17.9 Å². The van der Waals surface area contributed by atoms with Crippen molar-refractivity contribution in [3.05, 3.63) is 77.9 Å². The zero-order valence-electron chi connectivity index (χ0n) is 21.0. The minimum atomic E-state index is -1.26. The highest BCUT2D eigenvalue weighted by atomic mass is 16.5. The maximum Gasteiger partial charge on any atom is 0.328 e. The van der Waals surface area contributed by atoms with Gasteiger partial charge in [-0.1, -0.05) is 42.5 Å². The van der Waals surface area contributed by atoms with Crippen molar-refractivity contribution in [2.24, 2.45) is 5.92 Å². The molecular weight excluding hydrogens is 478 g/mol. The van der Waals surface area contributed by atoms with Crippen LogP contribution in [0.1, 0.15) is 36.3 Å². The first-order valence-corrected chi connectivity index (χ1v) is 12.2. The number of piperidine rings is 1. The topological polar surface area (TPSA) is 134 Å². The van der Waals surface area contributed by atoms with Crippen molar-refractivity contribution in [3.63, 3.8) is 0 Å². The molecule has 9 heteroatoms. The van der Waals surface area contributed by atoms with Gasteiger partial charge in [-0.3, -0.25) is 4.79 Å². The minimum absolute atomic E-state index is 0.237. The predicted octanol–water partition coefficient (Wildman–Crippen LogP) is 3.74. The van der Waals surface area contributed by atoms with Gasteiger partial charge in [0.15, 0.2) is 0 Å². The van der Waals surface area contributed by atoms with E-state index in [1.807, 2.05) is 18.2 Å². The molecule has 0 spiro atoms. The number of likely N-dealkylation sites (tertiary alicyclic amines) is 1. The van der Waals surface area contributed by atoms with E-state index in [0.29, 0.717) is 31.9 Å². The minimum Gasteiger partial charge on any atom is -0.497 e. The van der Waals surface area contributed by atoms with Crippen LogP contribution in [0.25, 0.3) is 0 Å². The van der Waals surface area contributed by atoms with Crippen LogP contribution in [0.3, 0.4) is 0 Å². The summed E-state index contributed by atoms with van der Waals surface area (Å²) >= 11 is 0. The molecule has 1 unspecified atom stereocenters. The van der Waals surface area contributed by atoms with E-state index in [1.165, 1.54) is 11.1 Å². The molecule has 0 aromatic heterocycles. The third-order valence-electron chi connectivity index (χ3n) is 6.02. The number of nitrogens with zero attached hydrogens (tertiary/aromatic N) is 1. The molecule has 2 atom stereocenters. The molecule has 0 aliphatic carbocycles. The normalized spacial score (nSPS) is 16.4. The number of ether oxygens (including phenoxy) is 2. The Morgan fingerprint density at radius 2 is 1.65 bits per heavy atom. The number of hydrogen-bond acceptors (Lipinski definition) is 6. The van der Waals surface area contributed by atoms with E-state index >= 15 is 0 Å². The van der Waals surface area contributed by atoms with E-state index < -0.39 is 17.9 Å². The molecular formula is C28H35NO8. The van der Waals surface area contributed by atoms with Crippen molar-refractivity contribution in [1.82, 2.24) is 4.90 Å². The molecule has 2 aromatic carbocycles. The monoisotopic (exact) mass is 513 g/mol. The Balaban J connectivity index is 0.000000521. The van der Waals surface area contributed by atoms with Gasteiger partial charge in [0.1, 0.15) is 5.75 Å². The molecule has 0 bridgehead atoms. The lowest BCUT2D eigenvalue weighted by Gasteiger charge is -2.30. The number of aliphatic carboxylic acids is 3. The van der Waals surface area contributed by atoms with Gasteiger partial charge in [-0.05, 0) is 49.1 Å². The number of benzene rings is 2.